The lowest BCUT2D eigenvalue weighted by atomic mass is 10.0. The minimum atomic E-state index is -2.03. The first-order valence-corrected chi connectivity index (χ1v) is 47.2. The Kier molecular flexibility index (Phi) is 90.6. The molecule has 0 rings (SSSR count). The van der Waals surface area contributed by atoms with Gasteiger partial charge in [0, 0.05) is 65.4 Å². The quantitative estimate of drug-likeness (QED) is 0.0251. The fraction of sp³-hybridized carbons (Fsp3) is 0.952. The van der Waals surface area contributed by atoms with E-state index in [0.717, 1.165) is 9.80 Å². The molecule has 0 aliphatic heterocycles. The maximum Gasteiger partial charge on any atom is 0.407 e. The number of amides is 4. The highest BCUT2D eigenvalue weighted by molar-refractivity contribution is 5.88. The van der Waals surface area contributed by atoms with E-state index in [1.165, 1.54) is 0 Å². The molecule has 59 nitrogen and oxygen atoms in total. The Morgan fingerprint density at radius 2 is 0.385 bits per heavy atom. The molecule has 6 unspecified atom stereocenters. The highest BCUT2D eigenvalue weighted by atomic mass is 16.6. The monoisotopic (exact) mass is 2110 g/mol. The number of nitrogens with two attached hydrogens (primary N) is 1. The van der Waals surface area contributed by atoms with Crippen molar-refractivity contribution >= 4 is 24.0 Å². The Balaban J connectivity index is 3.69. The minimum absolute atomic E-state index is 0.0956. The standard InChI is InChI=1S/C84H169N7O52/c85-64(82(119)87-2-6-123-10-14-127-18-22-131-26-30-135-34-36-137-32-28-133-24-20-129-16-12-125-8-4-89-84(121)143-57-63(101)55-141-53-61(99)51-139-49-59(97)39-91(42-67(104)76(113)80(117)71(108)46-94)43-68(105)77(114)81(118)72(109)47-95)37-73(110)86-1-5-122-9-13-126-17-21-130-25-29-134-33-35-136-31-27-132-23-19-128-15-11-124-7-3-88-83(120)142-56-62(100)54-140-52-60(98)50-138-48-58(96)38-90(40-65(102)74(111)78(115)69(106)44-92)41-66(103)75(112)79(116)70(107)45-93/h58-72,74-81,92-109,111-118H,1-57,85H2,(H,86,110)(H,87,119)(H,88,120)(H,89,121)/t58?,59?,60?,61?,62?,63?,64-,65+,66+,67+,68+,69-,70-,71-,72-,74-,75-,76-,77-,78-,79-,80-,81-/m1/s1. The topological polar surface area (TPSA) is 878 Å². The normalized spacial score (nSPS) is 17.0. The molecule has 0 aromatic rings. The second-order valence-electron chi connectivity index (χ2n) is 32.0. The number of carbonyl (C=O) groups excluding carboxylic acids is 4. The summed E-state index contributed by atoms with van der Waals surface area (Å²) < 4.78 is 119. The number of nitrogens with one attached hydrogen (secondary N) is 4. The fourth-order valence-corrected chi connectivity index (χ4v) is 11.6. The molecule has 23 atom stereocenters. The van der Waals surface area contributed by atoms with E-state index in [-0.39, 0.29) is 118 Å². The van der Waals surface area contributed by atoms with Gasteiger partial charge in [-0.2, -0.15) is 0 Å². The van der Waals surface area contributed by atoms with Gasteiger partial charge in [-0.1, -0.05) is 0 Å². The van der Waals surface area contributed by atoms with Gasteiger partial charge < -0.3 is 264 Å². The van der Waals surface area contributed by atoms with Gasteiger partial charge in [0.15, 0.2) is 0 Å². The lowest BCUT2D eigenvalue weighted by Gasteiger charge is -2.34. The Bertz CT molecular complexity index is 2830. The van der Waals surface area contributed by atoms with Gasteiger partial charge >= 0.3 is 12.2 Å². The van der Waals surface area contributed by atoms with Crippen molar-refractivity contribution < 1.29 is 256 Å². The third-order valence-electron chi connectivity index (χ3n) is 19.4. The lowest BCUT2D eigenvalue weighted by Crippen LogP contribution is -2.54. The van der Waals surface area contributed by atoms with E-state index in [2.05, 4.69) is 21.3 Å². The SMILES string of the molecule is N[C@H](CC(=O)NCCOCCOCCOCCOCCOCCOCCOCCOCCNC(=O)OCC(O)COCC(O)COCC(O)CN(C[C@H](O)[C@@H](O)[C@H](O)[C@H](O)CO)C[C@H](O)[C@@H](O)[C@H](O)[C@H](O)CO)C(=O)NCCOCCOCCOCCOCCOCCOCCOCCOCCNC(=O)OCC(O)COCC(O)COCC(O)CN(C[C@H](O)[C@@H](O)[C@H](O)[C@H](O)CO)C[C@H](O)[C@@H](O)[C@H](O)[C@H](O)CO. The third-order valence-corrected chi connectivity index (χ3v) is 19.4. The van der Waals surface area contributed by atoms with E-state index in [0.29, 0.717) is 152 Å². The lowest BCUT2D eigenvalue weighted by molar-refractivity contribution is -0.133. The van der Waals surface area contributed by atoms with Crippen LogP contribution in [0, 0.1) is 0 Å². The first-order chi connectivity index (χ1) is 68.6. The van der Waals surface area contributed by atoms with E-state index in [9.17, 15) is 132 Å². The van der Waals surface area contributed by atoms with E-state index < -0.39 is 270 Å². The van der Waals surface area contributed by atoms with Gasteiger partial charge in [-0.05, 0) is 0 Å². The molecule has 4 amide bonds. The van der Waals surface area contributed by atoms with Gasteiger partial charge in [0.05, 0.1) is 340 Å². The first kappa shape index (κ1) is 139. The van der Waals surface area contributed by atoms with Crippen molar-refractivity contribution in [3.8, 4) is 0 Å². The van der Waals surface area contributed by atoms with Crippen LogP contribution in [0.3, 0.4) is 0 Å². The molecule has 0 bridgehead atoms. The molecule has 59 heteroatoms. The van der Waals surface area contributed by atoms with Crippen LogP contribution < -0.4 is 27.0 Å². The number of rotatable bonds is 105. The van der Waals surface area contributed by atoms with Crippen LogP contribution in [0.4, 0.5) is 9.59 Å². The molecular weight excluding hydrogens is 1940 g/mol. The number of nitrogens with zero attached hydrogens (tertiary/aromatic N) is 2. The molecule has 852 valence electrons. The molecule has 143 heavy (non-hydrogen) atoms. The summed E-state index contributed by atoms with van der Waals surface area (Å²) >= 11 is 0. The number of hydrogen-bond donors (Lipinski definition) is 31. The van der Waals surface area contributed by atoms with Crippen LogP contribution in [0.5, 0.6) is 0 Å². The average Bonchev–Trinajstić information content (AvgIpc) is 0.863. The van der Waals surface area contributed by atoms with Crippen molar-refractivity contribution in [1.82, 2.24) is 31.1 Å². The second kappa shape index (κ2) is 93.6. The Labute approximate surface area is 830 Å². The third kappa shape index (κ3) is 78.4. The summed E-state index contributed by atoms with van der Waals surface area (Å²) in [5.41, 5.74) is 5.91. The first-order valence-electron chi connectivity index (χ1n) is 47.2. The second-order valence-corrected chi connectivity index (χ2v) is 32.0. The highest BCUT2D eigenvalue weighted by Crippen LogP contribution is 2.15. The van der Waals surface area contributed by atoms with Gasteiger partial charge in [-0.3, -0.25) is 19.4 Å². The predicted octanol–water partition coefficient (Wildman–Crippen LogP) is -18.8. The maximum atomic E-state index is 12.4. The Hall–Kier alpha value is -4.48. The summed E-state index contributed by atoms with van der Waals surface area (Å²) in [6.07, 6.45) is -40.8. The molecule has 0 heterocycles. The van der Waals surface area contributed by atoms with Crippen LogP contribution >= 0.6 is 0 Å². The van der Waals surface area contributed by atoms with Gasteiger partial charge in [0.1, 0.15) is 111 Å². The molecule has 0 aliphatic rings. The molecule has 0 radical (unpaired) electrons. The Morgan fingerprint density at radius 1 is 0.210 bits per heavy atom. The summed E-state index contributed by atoms with van der Waals surface area (Å²) in [5.74, 6) is -0.905. The minimum Gasteiger partial charge on any atom is -0.447 e. The van der Waals surface area contributed by atoms with E-state index >= 15 is 0 Å². The van der Waals surface area contributed by atoms with Crippen LogP contribution in [0.1, 0.15) is 6.42 Å². The highest BCUT2D eigenvalue weighted by Gasteiger charge is 2.38. The van der Waals surface area contributed by atoms with Gasteiger partial charge in [0.25, 0.3) is 0 Å². The summed E-state index contributed by atoms with van der Waals surface area (Å²) in [7, 11) is 0. The fourth-order valence-electron chi connectivity index (χ4n) is 11.6. The molecule has 0 aliphatic carbocycles. The summed E-state index contributed by atoms with van der Waals surface area (Å²) in [4.78, 5) is 50.9. The van der Waals surface area contributed by atoms with Crippen molar-refractivity contribution in [2.75, 3.05) is 369 Å². The van der Waals surface area contributed by atoms with Gasteiger partial charge in [-0.15, -0.1) is 0 Å². The van der Waals surface area contributed by atoms with Crippen molar-refractivity contribution in [1.29, 1.82) is 0 Å². The van der Waals surface area contributed by atoms with Crippen LogP contribution in [-0.2, 0) is 114 Å². The van der Waals surface area contributed by atoms with Crippen LogP contribution in [0.25, 0.3) is 0 Å². The van der Waals surface area contributed by atoms with Crippen molar-refractivity contribution in [2.24, 2.45) is 5.73 Å². The predicted molar refractivity (Wildman–Crippen MR) is 487 cm³/mol. The summed E-state index contributed by atoms with van der Waals surface area (Å²) in [6.45, 7) is -0.745. The smallest absolute Gasteiger partial charge is 0.407 e. The molecule has 0 spiro atoms. The largest absolute Gasteiger partial charge is 0.447 e. The van der Waals surface area contributed by atoms with Crippen LogP contribution in [-0.4, -0.2) is 676 Å². The average molecular weight is 2110 g/mol. The van der Waals surface area contributed by atoms with E-state index in [4.69, 9.17) is 130 Å². The van der Waals surface area contributed by atoms with Crippen LogP contribution in [0.2, 0.25) is 0 Å². The molecule has 0 saturated carbocycles. The number of aliphatic hydroxyl groups excluding tert-OH is 26. The van der Waals surface area contributed by atoms with Crippen molar-refractivity contribution in [3.05, 3.63) is 0 Å². The molecular formula is C84H169N7O52. The van der Waals surface area contributed by atoms with Crippen LogP contribution in [0.15, 0.2) is 0 Å². The van der Waals surface area contributed by atoms with Gasteiger partial charge in [0.2, 0.25) is 11.8 Å². The van der Waals surface area contributed by atoms with E-state index in [1.54, 1.807) is 0 Å². The number of alkyl carbamates (subject to hydrolysis) is 2. The number of hydrogen-bond acceptors (Lipinski definition) is 55. The summed E-state index contributed by atoms with van der Waals surface area (Å²) in [6, 6.07) is -1.05. The zero-order valence-electron chi connectivity index (χ0n) is 81.3. The van der Waals surface area contributed by atoms with Crippen molar-refractivity contribution in [2.45, 2.75) is 147 Å². The number of aliphatic hydroxyl groups is 26. The maximum absolute atomic E-state index is 12.4. The molecule has 0 saturated heterocycles. The van der Waals surface area contributed by atoms with Crippen molar-refractivity contribution in [3.63, 3.8) is 0 Å². The number of ether oxygens (including phenoxy) is 22. The summed E-state index contributed by atoms with van der Waals surface area (Å²) in [5, 5.41) is 270. The molecule has 32 N–H and O–H groups in total. The zero-order valence-corrected chi connectivity index (χ0v) is 81.3. The molecule has 0 fully saturated rings. The molecule has 0 aromatic carbocycles. The van der Waals surface area contributed by atoms with Gasteiger partial charge in [-0.25, -0.2) is 9.59 Å². The number of carbonyl (C=O) groups is 4. The molecule has 0 aromatic heterocycles. The van der Waals surface area contributed by atoms with E-state index in [1.807, 2.05) is 0 Å². The zero-order chi connectivity index (χ0) is 106. The Morgan fingerprint density at radius 3 is 0.594 bits per heavy atom.